The second-order valence-electron chi connectivity index (χ2n) is 6.93. The standard InChI is InChI=1S/C20H27NO2/c22-20(23)16-7-2-1-6-15(9-5-10-16)17-12-13-21-19-11-4-3-8-18(19)14-17/h3-4,8,11,14-16,21H,1-2,5-7,9-10,12-13H2,(H,22,23). The van der Waals surface area contributed by atoms with Crippen molar-refractivity contribution in [3.8, 4) is 0 Å². The number of nitrogens with one attached hydrogen (secondary N) is 1. The Kier molecular flexibility index (Phi) is 5.37. The highest BCUT2D eigenvalue weighted by Gasteiger charge is 2.22. The molecular formula is C20H27NO2. The maximum absolute atomic E-state index is 11.3. The van der Waals surface area contributed by atoms with Crippen molar-refractivity contribution >= 4 is 17.7 Å². The van der Waals surface area contributed by atoms with Crippen LogP contribution in [-0.2, 0) is 4.79 Å². The van der Waals surface area contributed by atoms with Gasteiger partial charge in [-0.15, -0.1) is 0 Å². The van der Waals surface area contributed by atoms with Crippen molar-refractivity contribution in [2.45, 2.75) is 51.4 Å². The Hall–Kier alpha value is -1.77. The summed E-state index contributed by atoms with van der Waals surface area (Å²) >= 11 is 0. The third-order valence-electron chi connectivity index (χ3n) is 5.36. The molecule has 0 radical (unpaired) electrons. The summed E-state index contributed by atoms with van der Waals surface area (Å²) in [6.07, 6.45) is 10.8. The molecular weight excluding hydrogens is 286 g/mol. The summed E-state index contributed by atoms with van der Waals surface area (Å²) in [5.41, 5.74) is 4.08. The number of carboxylic acids is 1. The van der Waals surface area contributed by atoms with Crippen LogP contribution >= 0.6 is 0 Å². The zero-order valence-electron chi connectivity index (χ0n) is 13.8. The summed E-state index contributed by atoms with van der Waals surface area (Å²) in [4.78, 5) is 11.3. The molecule has 1 fully saturated rings. The van der Waals surface area contributed by atoms with Gasteiger partial charge in [0.25, 0.3) is 0 Å². The van der Waals surface area contributed by atoms with Crippen molar-refractivity contribution in [3.63, 3.8) is 0 Å². The van der Waals surface area contributed by atoms with Crippen LogP contribution in [0.25, 0.3) is 6.08 Å². The lowest BCUT2D eigenvalue weighted by Crippen LogP contribution is -2.13. The molecule has 3 heteroatoms. The van der Waals surface area contributed by atoms with E-state index in [4.69, 9.17) is 0 Å². The van der Waals surface area contributed by atoms with Crippen molar-refractivity contribution in [1.82, 2.24) is 0 Å². The first-order valence-corrected chi connectivity index (χ1v) is 9.00. The van der Waals surface area contributed by atoms with Gasteiger partial charge >= 0.3 is 5.97 Å². The molecule has 0 saturated heterocycles. The van der Waals surface area contributed by atoms with E-state index < -0.39 is 5.97 Å². The van der Waals surface area contributed by atoms with Crippen LogP contribution in [0.1, 0.15) is 56.9 Å². The Morgan fingerprint density at radius 2 is 1.78 bits per heavy atom. The molecule has 0 aromatic heterocycles. The van der Waals surface area contributed by atoms with Crippen molar-refractivity contribution in [1.29, 1.82) is 0 Å². The maximum Gasteiger partial charge on any atom is 0.306 e. The molecule has 0 spiro atoms. The van der Waals surface area contributed by atoms with Gasteiger partial charge in [0.15, 0.2) is 0 Å². The van der Waals surface area contributed by atoms with E-state index in [0.717, 1.165) is 51.5 Å². The maximum atomic E-state index is 11.3. The SMILES string of the molecule is O=C(O)C1CCCCC(C2=Cc3ccccc3NCC2)CCC1. The molecule has 2 atom stereocenters. The van der Waals surface area contributed by atoms with E-state index in [1.165, 1.54) is 17.7 Å². The molecule has 3 rings (SSSR count). The molecule has 1 saturated carbocycles. The minimum absolute atomic E-state index is 0.126. The zero-order chi connectivity index (χ0) is 16.1. The third kappa shape index (κ3) is 4.15. The number of hydrogen-bond donors (Lipinski definition) is 2. The Labute approximate surface area is 138 Å². The first-order chi connectivity index (χ1) is 11.2. The van der Waals surface area contributed by atoms with E-state index in [1.54, 1.807) is 5.57 Å². The molecule has 0 amide bonds. The Balaban J connectivity index is 1.73. The number of benzene rings is 1. The van der Waals surface area contributed by atoms with Gasteiger partial charge in [-0.1, -0.05) is 49.1 Å². The molecule has 3 nitrogen and oxygen atoms in total. The summed E-state index contributed by atoms with van der Waals surface area (Å²) in [5, 5.41) is 12.8. The number of fused-ring (bicyclic) bond motifs is 1. The van der Waals surface area contributed by atoms with Crippen LogP contribution in [0, 0.1) is 11.8 Å². The number of carbonyl (C=O) groups is 1. The van der Waals surface area contributed by atoms with Gasteiger partial charge in [-0.2, -0.15) is 0 Å². The number of anilines is 1. The summed E-state index contributed by atoms with van der Waals surface area (Å²) in [6.45, 7) is 0.997. The highest BCUT2D eigenvalue weighted by Crippen LogP contribution is 2.34. The molecule has 2 unspecified atom stereocenters. The van der Waals surface area contributed by atoms with Crippen molar-refractivity contribution in [2.75, 3.05) is 11.9 Å². The Morgan fingerprint density at radius 3 is 2.65 bits per heavy atom. The molecule has 0 bridgehead atoms. The van der Waals surface area contributed by atoms with Gasteiger partial charge in [0.05, 0.1) is 5.92 Å². The van der Waals surface area contributed by atoms with Crippen LogP contribution in [0.2, 0.25) is 0 Å². The number of aliphatic carboxylic acids is 1. The second kappa shape index (κ2) is 7.67. The van der Waals surface area contributed by atoms with Gasteiger partial charge in [-0.3, -0.25) is 4.79 Å². The zero-order valence-corrected chi connectivity index (χ0v) is 13.8. The van der Waals surface area contributed by atoms with E-state index in [2.05, 4.69) is 35.7 Å². The molecule has 2 aliphatic rings. The molecule has 124 valence electrons. The van der Waals surface area contributed by atoms with Crippen molar-refractivity contribution in [2.24, 2.45) is 11.8 Å². The molecule has 2 N–H and O–H groups in total. The first-order valence-electron chi connectivity index (χ1n) is 9.00. The molecule has 23 heavy (non-hydrogen) atoms. The fourth-order valence-corrected chi connectivity index (χ4v) is 4.02. The number of rotatable bonds is 2. The van der Waals surface area contributed by atoms with Gasteiger partial charge in [0.1, 0.15) is 0 Å². The Bertz CT molecular complexity index is 579. The average molecular weight is 313 g/mol. The topological polar surface area (TPSA) is 49.3 Å². The summed E-state index contributed by atoms with van der Waals surface area (Å²) in [6, 6.07) is 8.51. The van der Waals surface area contributed by atoms with E-state index in [9.17, 15) is 9.90 Å². The second-order valence-corrected chi connectivity index (χ2v) is 6.93. The summed E-state index contributed by atoms with van der Waals surface area (Å²) in [5.74, 6) is -0.106. The molecule has 1 aliphatic heterocycles. The summed E-state index contributed by atoms with van der Waals surface area (Å²) < 4.78 is 0. The van der Waals surface area contributed by atoms with Gasteiger partial charge < -0.3 is 10.4 Å². The lowest BCUT2D eigenvalue weighted by Gasteiger charge is -2.19. The Morgan fingerprint density at radius 1 is 1.04 bits per heavy atom. The van der Waals surface area contributed by atoms with Gasteiger partial charge in [0.2, 0.25) is 0 Å². The lowest BCUT2D eigenvalue weighted by atomic mass is 9.86. The fraction of sp³-hybridized carbons (Fsp3) is 0.550. The van der Waals surface area contributed by atoms with E-state index in [-0.39, 0.29) is 5.92 Å². The van der Waals surface area contributed by atoms with E-state index in [1.807, 2.05) is 0 Å². The van der Waals surface area contributed by atoms with Crippen LogP contribution in [0.4, 0.5) is 5.69 Å². The molecule has 1 aliphatic carbocycles. The highest BCUT2D eigenvalue weighted by molar-refractivity contribution is 5.70. The molecule has 1 aromatic carbocycles. The largest absolute Gasteiger partial charge is 0.481 e. The minimum atomic E-state index is -0.602. The minimum Gasteiger partial charge on any atom is -0.481 e. The lowest BCUT2D eigenvalue weighted by molar-refractivity contribution is -0.142. The quantitative estimate of drug-likeness (QED) is 0.812. The predicted octanol–water partition coefficient (Wildman–Crippen LogP) is 4.95. The van der Waals surface area contributed by atoms with Crippen LogP contribution < -0.4 is 5.32 Å². The van der Waals surface area contributed by atoms with Crippen LogP contribution in [-0.4, -0.2) is 17.6 Å². The van der Waals surface area contributed by atoms with Crippen LogP contribution in [0.15, 0.2) is 29.8 Å². The van der Waals surface area contributed by atoms with Crippen LogP contribution in [0.3, 0.4) is 0 Å². The highest BCUT2D eigenvalue weighted by atomic mass is 16.4. The normalized spacial score (nSPS) is 25.7. The van der Waals surface area contributed by atoms with Crippen molar-refractivity contribution in [3.05, 3.63) is 35.4 Å². The predicted molar refractivity (Wildman–Crippen MR) is 94.5 cm³/mol. The van der Waals surface area contributed by atoms with Gasteiger partial charge in [-0.05, 0) is 49.7 Å². The van der Waals surface area contributed by atoms with E-state index in [0.29, 0.717) is 5.92 Å². The number of carboxylic acid groups (broad SMARTS) is 1. The summed E-state index contributed by atoms with van der Waals surface area (Å²) in [7, 11) is 0. The van der Waals surface area contributed by atoms with Crippen LogP contribution in [0.5, 0.6) is 0 Å². The van der Waals surface area contributed by atoms with Gasteiger partial charge in [-0.25, -0.2) is 0 Å². The monoisotopic (exact) mass is 313 g/mol. The third-order valence-corrected chi connectivity index (χ3v) is 5.36. The molecule has 1 heterocycles. The van der Waals surface area contributed by atoms with Crippen molar-refractivity contribution < 1.29 is 9.90 Å². The van der Waals surface area contributed by atoms with Gasteiger partial charge in [0, 0.05) is 12.2 Å². The number of hydrogen-bond acceptors (Lipinski definition) is 2. The fourth-order valence-electron chi connectivity index (χ4n) is 4.02. The van der Waals surface area contributed by atoms with E-state index >= 15 is 0 Å². The average Bonchev–Trinajstić information content (AvgIpc) is 2.67. The first kappa shape index (κ1) is 16.1. The molecule has 1 aromatic rings. The smallest absolute Gasteiger partial charge is 0.306 e. The number of para-hydroxylation sites is 1.